The van der Waals surface area contributed by atoms with E-state index >= 15 is 0 Å². The standard InChI is InChI=1S/C13H9ClN4/c14-10-5-3-9(4-6-10)8-16-13-11-2-1-7-15-12(11)17-18-13/h1-8H,(H,15,17,18). The van der Waals surface area contributed by atoms with E-state index in [1.165, 1.54) is 0 Å². The number of hydrogen-bond donors (Lipinski definition) is 1. The average Bonchev–Trinajstić information content (AvgIpc) is 2.82. The summed E-state index contributed by atoms with van der Waals surface area (Å²) in [6, 6.07) is 11.2. The summed E-state index contributed by atoms with van der Waals surface area (Å²) in [7, 11) is 0. The molecule has 0 fully saturated rings. The van der Waals surface area contributed by atoms with E-state index in [0.29, 0.717) is 10.8 Å². The van der Waals surface area contributed by atoms with Crippen molar-refractivity contribution in [2.45, 2.75) is 0 Å². The molecule has 0 unspecified atom stereocenters. The lowest BCUT2D eigenvalue weighted by Gasteiger charge is -1.92. The summed E-state index contributed by atoms with van der Waals surface area (Å²) in [5.74, 6) is 0.632. The third-order valence-electron chi connectivity index (χ3n) is 2.52. The van der Waals surface area contributed by atoms with E-state index in [2.05, 4.69) is 20.2 Å². The fourth-order valence-corrected chi connectivity index (χ4v) is 1.75. The topological polar surface area (TPSA) is 53.9 Å². The highest BCUT2D eigenvalue weighted by Gasteiger charge is 2.02. The largest absolute Gasteiger partial charge is 0.259 e. The molecule has 0 aliphatic carbocycles. The van der Waals surface area contributed by atoms with Crippen LogP contribution in [0, 0.1) is 0 Å². The molecule has 1 aromatic carbocycles. The van der Waals surface area contributed by atoms with Crippen LogP contribution >= 0.6 is 11.6 Å². The summed E-state index contributed by atoms with van der Waals surface area (Å²) in [5.41, 5.74) is 1.71. The smallest absolute Gasteiger partial charge is 0.183 e. The molecule has 0 aliphatic heterocycles. The maximum Gasteiger partial charge on any atom is 0.183 e. The molecule has 2 aromatic heterocycles. The van der Waals surface area contributed by atoms with Crippen molar-refractivity contribution >= 4 is 34.7 Å². The number of nitrogens with one attached hydrogen (secondary N) is 1. The Labute approximate surface area is 108 Å². The number of halogens is 1. The number of hydrogen-bond acceptors (Lipinski definition) is 3. The second-order valence-corrected chi connectivity index (χ2v) is 4.19. The van der Waals surface area contributed by atoms with Crippen molar-refractivity contribution in [1.29, 1.82) is 0 Å². The summed E-state index contributed by atoms with van der Waals surface area (Å²) < 4.78 is 0. The number of aromatic amines is 1. The second-order valence-electron chi connectivity index (χ2n) is 3.76. The Morgan fingerprint density at radius 2 is 2.00 bits per heavy atom. The van der Waals surface area contributed by atoms with Gasteiger partial charge in [0.25, 0.3) is 0 Å². The molecule has 0 amide bonds. The molecule has 0 bridgehead atoms. The molecule has 0 saturated carbocycles. The van der Waals surface area contributed by atoms with Crippen LogP contribution in [-0.4, -0.2) is 21.4 Å². The lowest BCUT2D eigenvalue weighted by atomic mass is 10.2. The molecule has 0 spiro atoms. The van der Waals surface area contributed by atoms with Gasteiger partial charge in [-0.05, 0) is 29.8 Å². The van der Waals surface area contributed by atoms with Crippen LogP contribution in [0.3, 0.4) is 0 Å². The van der Waals surface area contributed by atoms with Gasteiger partial charge in [-0.2, -0.15) is 5.10 Å². The highest BCUT2D eigenvalue weighted by Crippen LogP contribution is 2.20. The molecular weight excluding hydrogens is 248 g/mol. The van der Waals surface area contributed by atoms with E-state index in [9.17, 15) is 0 Å². The van der Waals surface area contributed by atoms with E-state index in [1.807, 2.05) is 36.4 Å². The van der Waals surface area contributed by atoms with E-state index in [4.69, 9.17) is 11.6 Å². The fourth-order valence-electron chi connectivity index (χ4n) is 1.62. The summed E-state index contributed by atoms with van der Waals surface area (Å²) in [6.07, 6.45) is 3.46. The third-order valence-corrected chi connectivity index (χ3v) is 2.77. The average molecular weight is 257 g/mol. The Hall–Kier alpha value is -2.20. The van der Waals surface area contributed by atoms with Gasteiger partial charge >= 0.3 is 0 Å². The van der Waals surface area contributed by atoms with E-state index in [0.717, 1.165) is 16.6 Å². The number of fused-ring (bicyclic) bond motifs is 1. The van der Waals surface area contributed by atoms with Gasteiger partial charge in [-0.3, -0.25) is 5.10 Å². The molecule has 0 saturated heterocycles. The minimum absolute atomic E-state index is 0.632. The summed E-state index contributed by atoms with van der Waals surface area (Å²) >= 11 is 5.82. The highest BCUT2D eigenvalue weighted by molar-refractivity contribution is 6.30. The number of nitrogens with zero attached hydrogens (tertiary/aromatic N) is 3. The van der Waals surface area contributed by atoms with Crippen LogP contribution < -0.4 is 0 Å². The first-order valence-corrected chi connectivity index (χ1v) is 5.79. The molecule has 4 nitrogen and oxygen atoms in total. The zero-order chi connectivity index (χ0) is 12.4. The molecule has 1 N–H and O–H groups in total. The molecule has 0 radical (unpaired) electrons. The van der Waals surface area contributed by atoms with Crippen molar-refractivity contribution in [3.05, 3.63) is 53.2 Å². The van der Waals surface area contributed by atoms with Crippen LogP contribution in [0.25, 0.3) is 11.0 Å². The Bertz CT molecular complexity index is 700. The molecule has 3 aromatic rings. The third kappa shape index (κ3) is 2.10. The van der Waals surface area contributed by atoms with Crippen LogP contribution in [0.15, 0.2) is 47.6 Å². The molecular formula is C13H9ClN4. The molecule has 0 aliphatic rings. The van der Waals surface area contributed by atoms with E-state index < -0.39 is 0 Å². The quantitative estimate of drug-likeness (QED) is 0.715. The lowest BCUT2D eigenvalue weighted by molar-refractivity contribution is 1.09. The number of rotatable bonds is 2. The number of pyridine rings is 1. The van der Waals surface area contributed by atoms with Crippen molar-refractivity contribution in [1.82, 2.24) is 15.2 Å². The zero-order valence-electron chi connectivity index (χ0n) is 9.34. The number of aliphatic imine (C=N–C) groups is 1. The van der Waals surface area contributed by atoms with Gasteiger partial charge in [0.2, 0.25) is 0 Å². The van der Waals surface area contributed by atoms with Gasteiger partial charge in [0.15, 0.2) is 11.5 Å². The van der Waals surface area contributed by atoms with Crippen molar-refractivity contribution in [3.8, 4) is 0 Å². The van der Waals surface area contributed by atoms with Crippen molar-refractivity contribution < 1.29 is 0 Å². The summed E-state index contributed by atoms with van der Waals surface area (Å²) in [4.78, 5) is 8.50. The van der Waals surface area contributed by atoms with Gasteiger partial charge in [0.05, 0.1) is 5.39 Å². The van der Waals surface area contributed by atoms with Gasteiger partial charge < -0.3 is 0 Å². The Balaban J connectivity index is 1.94. The van der Waals surface area contributed by atoms with Gasteiger partial charge in [0, 0.05) is 17.4 Å². The van der Waals surface area contributed by atoms with Crippen LogP contribution in [0.1, 0.15) is 5.56 Å². The minimum atomic E-state index is 0.632. The number of H-pyrrole nitrogens is 1. The molecule has 0 atom stereocenters. The van der Waals surface area contributed by atoms with Gasteiger partial charge in [0.1, 0.15) is 0 Å². The first-order valence-electron chi connectivity index (χ1n) is 5.42. The van der Waals surface area contributed by atoms with Crippen molar-refractivity contribution in [3.63, 3.8) is 0 Å². The van der Waals surface area contributed by atoms with Gasteiger partial charge in [-0.1, -0.05) is 23.7 Å². The van der Waals surface area contributed by atoms with Crippen molar-refractivity contribution in [2.75, 3.05) is 0 Å². The van der Waals surface area contributed by atoms with Crippen LogP contribution in [-0.2, 0) is 0 Å². The van der Waals surface area contributed by atoms with Crippen LogP contribution in [0.5, 0.6) is 0 Å². The maximum absolute atomic E-state index is 5.82. The molecule has 2 heterocycles. The van der Waals surface area contributed by atoms with Gasteiger partial charge in [-0.25, -0.2) is 9.98 Å². The van der Waals surface area contributed by atoms with Crippen LogP contribution in [0.2, 0.25) is 5.02 Å². The molecule has 88 valence electrons. The molecule has 5 heteroatoms. The predicted molar refractivity (Wildman–Crippen MR) is 72.6 cm³/mol. The predicted octanol–water partition coefficient (Wildman–Crippen LogP) is 3.36. The molecule has 3 rings (SSSR count). The Morgan fingerprint density at radius 3 is 2.83 bits per heavy atom. The lowest BCUT2D eigenvalue weighted by Crippen LogP contribution is -1.79. The van der Waals surface area contributed by atoms with E-state index in [1.54, 1.807) is 12.4 Å². The first kappa shape index (κ1) is 10.9. The normalized spacial score (nSPS) is 11.4. The number of aromatic nitrogens is 3. The number of benzene rings is 1. The highest BCUT2D eigenvalue weighted by atomic mass is 35.5. The maximum atomic E-state index is 5.82. The first-order chi connectivity index (χ1) is 8.83. The van der Waals surface area contributed by atoms with Crippen LogP contribution in [0.4, 0.5) is 5.82 Å². The zero-order valence-corrected chi connectivity index (χ0v) is 10.1. The minimum Gasteiger partial charge on any atom is -0.259 e. The van der Waals surface area contributed by atoms with Gasteiger partial charge in [-0.15, -0.1) is 0 Å². The second kappa shape index (κ2) is 4.58. The van der Waals surface area contributed by atoms with E-state index in [-0.39, 0.29) is 0 Å². The summed E-state index contributed by atoms with van der Waals surface area (Å²) in [5, 5.41) is 8.57. The summed E-state index contributed by atoms with van der Waals surface area (Å²) in [6.45, 7) is 0. The monoisotopic (exact) mass is 256 g/mol. The SMILES string of the molecule is Clc1ccc(C=Nc2n[nH]c3ncccc23)cc1. The fraction of sp³-hybridized carbons (Fsp3) is 0. The Morgan fingerprint density at radius 1 is 1.17 bits per heavy atom. The molecule has 18 heavy (non-hydrogen) atoms. The Kier molecular flexibility index (Phi) is 2.78. The van der Waals surface area contributed by atoms with Crippen molar-refractivity contribution in [2.24, 2.45) is 4.99 Å².